The summed E-state index contributed by atoms with van der Waals surface area (Å²) in [5, 5.41) is 6.33. The van der Waals surface area contributed by atoms with Crippen molar-refractivity contribution in [2.75, 3.05) is 5.73 Å². The predicted octanol–water partition coefficient (Wildman–Crippen LogP) is 6.04. The van der Waals surface area contributed by atoms with E-state index in [2.05, 4.69) is 5.10 Å². The first-order valence-corrected chi connectivity index (χ1v) is 8.15. The van der Waals surface area contributed by atoms with Crippen LogP contribution in [-0.2, 0) is 0 Å². The summed E-state index contributed by atoms with van der Waals surface area (Å²) in [6.07, 6.45) is 0. The Bertz CT molecular complexity index is 862. The third-order valence-corrected chi connectivity index (χ3v) is 4.47. The quantitative estimate of drug-likeness (QED) is 0.583. The zero-order valence-electron chi connectivity index (χ0n) is 11.9. The lowest BCUT2D eigenvalue weighted by Crippen LogP contribution is -2.04. The van der Waals surface area contributed by atoms with Crippen LogP contribution < -0.4 is 5.73 Å². The van der Waals surface area contributed by atoms with Crippen LogP contribution in [0.4, 0.5) is 5.82 Å². The molecular weight excluding hydrogens is 376 g/mol. The highest BCUT2D eigenvalue weighted by molar-refractivity contribution is 6.40. The Hall–Kier alpha value is -1.39. The van der Waals surface area contributed by atoms with Crippen LogP contribution >= 0.6 is 46.4 Å². The number of nitrogen functional groups attached to an aromatic ring is 1. The number of hydrogen-bond donors (Lipinski definition) is 1. The molecule has 0 fully saturated rings. The number of aryl methyl sites for hydroxylation is 1. The van der Waals surface area contributed by atoms with Gasteiger partial charge in [-0.05, 0) is 36.8 Å². The number of benzene rings is 2. The second-order valence-corrected chi connectivity index (χ2v) is 6.67. The fraction of sp³-hybridized carbons (Fsp3) is 0.0625. The first-order chi connectivity index (χ1) is 10.9. The Morgan fingerprint density at radius 1 is 0.913 bits per heavy atom. The highest BCUT2D eigenvalue weighted by atomic mass is 35.5. The van der Waals surface area contributed by atoms with Crippen molar-refractivity contribution in [2.45, 2.75) is 6.92 Å². The average Bonchev–Trinajstić information content (AvgIpc) is 2.74. The Morgan fingerprint density at radius 2 is 1.48 bits per heavy atom. The van der Waals surface area contributed by atoms with Gasteiger partial charge >= 0.3 is 0 Å². The standard InChI is InChI=1S/C16H11Cl4N3/c1-8-14(9-2-4-10(17)5-3-9)16(21)23(22-8)15-12(19)6-11(18)7-13(15)20/h2-7H,21H2,1H3. The lowest BCUT2D eigenvalue weighted by Gasteiger charge is -2.10. The third-order valence-electron chi connectivity index (χ3n) is 3.42. The molecule has 3 aromatic rings. The van der Waals surface area contributed by atoms with Crippen molar-refractivity contribution in [3.63, 3.8) is 0 Å². The van der Waals surface area contributed by atoms with Crippen LogP contribution in [-0.4, -0.2) is 9.78 Å². The monoisotopic (exact) mass is 385 g/mol. The molecule has 0 aliphatic rings. The molecule has 1 heterocycles. The molecule has 3 nitrogen and oxygen atoms in total. The van der Waals surface area contributed by atoms with Gasteiger partial charge in [0.25, 0.3) is 0 Å². The van der Waals surface area contributed by atoms with E-state index in [9.17, 15) is 0 Å². The predicted molar refractivity (Wildman–Crippen MR) is 98.2 cm³/mol. The summed E-state index contributed by atoms with van der Waals surface area (Å²) < 4.78 is 1.53. The van der Waals surface area contributed by atoms with Crippen LogP contribution in [0.25, 0.3) is 16.8 Å². The van der Waals surface area contributed by atoms with Crippen molar-refractivity contribution in [3.05, 3.63) is 62.2 Å². The summed E-state index contributed by atoms with van der Waals surface area (Å²) in [6.45, 7) is 1.87. The summed E-state index contributed by atoms with van der Waals surface area (Å²) in [5.74, 6) is 0.441. The highest BCUT2D eigenvalue weighted by Crippen LogP contribution is 2.37. The lowest BCUT2D eigenvalue weighted by molar-refractivity contribution is 0.872. The topological polar surface area (TPSA) is 43.8 Å². The fourth-order valence-electron chi connectivity index (χ4n) is 2.43. The van der Waals surface area contributed by atoms with Crippen LogP contribution in [0, 0.1) is 6.92 Å². The Balaban J connectivity index is 2.21. The first kappa shape index (κ1) is 16.5. The molecule has 0 amide bonds. The average molecular weight is 387 g/mol. The molecule has 0 saturated heterocycles. The molecule has 0 bridgehead atoms. The summed E-state index contributed by atoms with van der Waals surface area (Å²) in [6, 6.07) is 10.6. The number of hydrogen-bond acceptors (Lipinski definition) is 2. The third kappa shape index (κ3) is 3.02. The van der Waals surface area contributed by atoms with Crippen molar-refractivity contribution in [2.24, 2.45) is 0 Å². The van der Waals surface area contributed by atoms with Crippen molar-refractivity contribution < 1.29 is 0 Å². The van der Waals surface area contributed by atoms with Crippen molar-refractivity contribution in [1.29, 1.82) is 0 Å². The molecule has 7 heteroatoms. The van der Waals surface area contributed by atoms with Crippen LogP contribution in [0.1, 0.15) is 5.69 Å². The van der Waals surface area contributed by atoms with Crippen molar-refractivity contribution >= 4 is 52.2 Å². The normalized spacial score (nSPS) is 11.0. The van der Waals surface area contributed by atoms with E-state index in [1.807, 2.05) is 19.1 Å². The molecule has 2 aromatic carbocycles. The minimum atomic E-state index is 0.374. The van der Waals surface area contributed by atoms with Gasteiger partial charge < -0.3 is 5.73 Å². The van der Waals surface area contributed by atoms with Gasteiger partial charge in [0.1, 0.15) is 11.5 Å². The van der Waals surface area contributed by atoms with Crippen molar-refractivity contribution in [3.8, 4) is 16.8 Å². The molecule has 0 saturated carbocycles. The summed E-state index contributed by atoms with van der Waals surface area (Å²) in [5.41, 5.74) is 9.28. The fourth-order valence-corrected chi connectivity index (χ4v) is 3.53. The molecule has 0 atom stereocenters. The van der Waals surface area contributed by atoms with E-state index >= 15 is 0 Å². The molecule has 0 aliphatic carbocycles. The summed E-state index contributed by atoms with van der Waals surface area (Å²) in [4.78, 5) is 0. The second kappa shape index (κ2) is 6.25. The Morgan fingerprint density at radius 3 is 2.04 bits per heavy atom. The van der Waals surface area contributed by atoms with Crippen LogP contribution in [0.2, 0.25) is 20.1 Å². The zero-order chi connectivity index (χ0) is 16.7. The number of nitrogens with zero attached hydrogens (tertiary/aromatic N) is 2. The van der Waals surface area contributed by atoms with Gasteiger partial charge in [-0.15, -0.1) is 0 Å². The molecule has 0 unspecified atom stereocenters. The SMILES string of the molecule is Cc1nn(-c2c(Cl)cc(Cl)cc2Cl)c(N)c1-c1ccc(Cl)cc1. The minimum absolute atomic E-state index is 0.374. The van der Waals surface area contributed by atoms with E-state index in [1.165, 1.54) is 4.68 Å². The van der Waals surface area contributed by atoms with Gasteiger partial charge in [0.15, 0.2) is 0 Å². The van der Waals surface area contributed by atoms with Crippen LogP contribution in [0.5, 0.6) is 0 Å². The van der Waals surface area contributed by atoms with Crippen LogP contribution in [0.3, 0.4) is 0 Å². The number of anilines is 1. The molecular formula is C16H11Cl4N3. The summed E-state index contributed by atoms with van der Waals surface area (Å²) >= 11 is 24.4. The molecule has 2 N–H and O–H groups in total. The Kier molecular flexibility index (Phi) is 4.47. The van der Waals surface area contributed by atoms with E-state index in [-0.39, 0.29) is 0 Å². The van der Waals surface area contributed by atoms with Gasteiger partial charge in [-0.1, -0.05) is 58.5 Å². The van der Waals surface area contributed by atoms with E-state index in [4.69, 9.17) is 52.1 Å². The number of nitrogens with two attached hydrogens (primary N) is 1. The van der Waals surface area contributed by atoms with Gasteiger partial charge in [-0.3, -0.25) is 0 Å². The molecule has 0 radical (unpaired) electrons. The maximum absolute atomic E-state index is 6.30. The van der Waals surface area contributed by atoms with Crippen molar-refractivity contribution in [1.82, 2.24) is 9.78 Å². The van der Waals surface area contributed by atoms with Gasteiger partial charge in [0.05, 0.1) is 15.7 Å². The molecule has 3 rings (SSSR count). The van der Waals surface area contributed by atoms with Gasteiger partial charge in [0, 0.05) is 15.6 Å². The molecule has 23 heavy (non-hydrogen) atoms. The smallest absolute Gasteiger partial charge is 0.135 e. The molecule has 1 aromatic heterocycles. The maximum atomic E-state index is 6.30. The minimum Gasteiger partial charge on any atom is -0.383 e. The van der Waals surface area contributed by atoms with Gasteiger partial charge in [0.2, 0.25) is 0 Å². The first-order valence-electron chi connectivity index (χ1n) is 6.64. The van der Waals surface area contributed by atoms with E-state index < -0.39 is 0 Å². The number of rotatable bonds is 2. The molecule has 0 aliphatic heterocycles. The number of aromatic nitrogens is 2. The van der Waals surface area contributed by atoms with Crippen LogP contribution in [0.15, 0.2) is 36.4 Å². The zero-order valence-corrected chi connectivity index (χ0v) is 15.0. The Labute approximate surface area is 153 Å². The molecule has 118 valence electrons. The van der Waals surface area contributed by atoms with Gasteiger partial charge in [-0.25, -0.2) is 4.68 Å². The van der Waals surface area contributed by atoms with Gasteiger partial charge in [-0.2, -0.15) is 5.10 Å². The number of halogens is 4. The second-order valence-electron chi connectivity index (χ2n) is 4.98. The maximum Gasteiger partial charge on any atom is 0.135 e. The lowest BCUT2D eigenvalue weighted by atomic mass is 10.1. The highest BCUT2D eigenvalue weighted by Gasteiger charge is 2.19. The van der Waals surface area contributed by atoms with E-state index in [0.29, 0.717) is 31.6 Å². The van der Waals surface area contributed by atoms with E-state index in [1.54, 1.807) is 24.3 Å². The largest absolute Gasteiger partial charge is 0.383 e. The molecule has 0 spiro atoms. The summed E-state index contributed by atoms with van der Waals surface area (Å²) in [7, 11) is 0. The van der Waals surface area contributed by atoms with E-state index in [0.717, 1.165) is 16.8 Å².